The molecular weight excluding hydrogens is 266 g/mol. The van der Waals surface area contributed by atoms with Crippen LogP contribution >= 0.6 is 0 Å². The number of piperazine rings is 1. The van der Waals surface area contributed by atoms with Gasteiger partial charge in [0.25, 0.3) is 0 Å². The van der Waals surface area contributed by atoms with E-state index in [2.05, 4.69) is 0 Å². The first-order chi connectivity index (χ1) is 10.0. The molecule has 0 aromatic carbocycles. The van der Waals surface area contributed by atoms with E-state index in [1.54, 1.807) is 0 Å². The molecule has 120 valence electrons. The lowest BCUT2D eigenvalue weighted by molar-refractivity contribution is -0.144. The van der Waals surface area contributed by atoms with Crippen LogP contribution in [0.1, 0.15) is 46.0 Å². The van der Waals surface area contributed by atoms with Gasteiger partial charge in [-0.2, -0.15) is 0 Å². The van der Waals surface area contributed by atoms with Crippen molar-refractivity contribution in [2.45, 2.75) is 52.0 Å². The highest BCUT2D eigenvalue weighted by Crippen LogP contribution is 2.26. The van der Waals surface area contributed by atoms with Gasteiger partial charge in [-0.25, -0.2) is 0 Å². The van der Waals surface area contributed by atoms with E-state index in [0.717, 1.165) is 12.8 Å². The van der Waals surface area contributed by atoms with Crippen LogP contribution in [0.3, 0.4) is 0 Å². The number of carbonyl (C=O) groups excluding carboxylic acids is 2. The highest BCUT2D eigenvalue weighted by molar-refractivity contribution is 5.81. The molecule has 1 aliphatic heterocycles. The van der Waals surface area contributed by atoms with E-state index in [9.17, 15) is 9.59 Å². The smallest absolute Gasteiger partial charge is 0.227 e. The Hall–Kier alpha value is -1.10. The van der Waals surface area contributed by atoms with Crippen LogP contribution in [-0.2, 0) is 9.59 Å². The Morgan fingerprint density at radius 3 is 2.00 bits per heavy atom. The average Bonchev–Trinajstić information content (AvgIpc) is 2.53. The Bertz CT molecular complexity index is 370. The van der Waals surface area contributed by atoms with Crippen LogP contribution in [0.5, 0.6) is 0 Å². The molecule has 5 nitrogen and oxygen atoms in total. The van der Waals surface area contributed by atoms with Crippen molar-refractivity contribution in [2.75, 3.05) is 26.2 Å². The Kier molecular flexibility index (Phi) is 5.62. The van der Waals surface area contributed by atoms with Gasteiger partial charge in [0.1, 0.15) is 0 Å². The van der Waals surface area contributed by atoms with Crippen molar-refractivity contribution in [2.24, 2.45) is 17.6 Å². The summed E-state index contributed by atoms with van der Waals surface area (Å²) in [5.41, 5.74) is 5.80. The Labute approximate surface area is 127 Å². The Balaban J connectivity index is 1.82. The standard InChI is InChI=1S/C16H29N3O2/c1-12(13(2)17)15(20)18-8-10-19(11-9-18)16(21)14-6-4-3-5-7-14/h12-14H,3-11,17H2,1-2H3. The van der Waals surface area contributed by atoms with Crippen LogP contribution in [0.15, 0.2) is 0 Å². The van der Waals surface area contributed by atoms with Gasteiger partial charge in [-0.15, -0.1) is 0 Å². The molecule has 0 aromatic heterocycles. The predicted molar refractivity (Wildman–Crippen MR) is 82.5 cm³/mol. The highest BCUT2D eigenvalue weighted by atomic mass is 16.2. The molecule has 0 bridgehead atoms. The Morgan fingerprint density at radius 1 is 0.952 bits per heavy atom. The summed E-state index contributed by atoms with van der Waals surface area (Å²) in [4.78, 5) is 28.5. The van der Waals surface area contributed by atoms with Crippen molar-refractivity contribution >= 4 is 11.8 Å². The average molecular weight is 295 g/mol. The van der Waals surface area contributed by atoms with Crippen molar-refractivity contribution in [3.8, 4) is 0 Å². The molecule has 1 saturated carbocycles. The quantitative estimate of drug-likeness (QED) is 0.851. The van der Waals surface area contributed by atoms with E-state index < -0.39 is 0 Å². The number of amides is 2. The largest absolute Gasteiger partial charge is 0.339 e. The van der Waals surface area contributed by atoms with Crippen molar-refractivity contribution in [1.82, 2.24) is 9.80 Å². The minimum Gasteiger partial charge on any atom is -0.339 e. The maximum atomic E-state index is 12.5. The van der Waals surface area contributed by atoms with Crippen molar-refractivity contribution in [3.05, 3.63) is 0 Å². The topological polar surface area (TPSA) is 66.6 Å². The number of hydrogen-bond acceptors (Lipinski definition) is 3. The van der Waals surface area contributed by atoms with Gasteiger partial charge in [0.15, 0.2) is 0 Å². The Morgan fingerprint density at radius 2 is 1.48 bits per heavy atom. The fourth-order valence-corrected chi connectivity index (χ4v) is 3.27. The van der Waals surface area contributed by atoms with Gasteiger partial charge in [-0.1, -0.05) is 26.2 Å². The van der Waals surface area contributed by atoms with Crippen LogP contribution in [0.2, 0.25) is 0 Å². The van der Waals surface area contributed by atoms with Gasteiger partial charge >= 0.3 is 0 Å². The second-order valence-electron chi connectivity index (χ2n) is 6.63. The zero-order valence-corrected chi connectivity index (χ0v) is 13.4. The fourth-order valence-electron chi connectivity index (χ4n) is 3.27. The van der Waals surface area contributed by atoms with Crippen LogP contribution in [0.25, 0.3) is 0 Å². The maximum absolute atomic E-state index is 12.5. The first kappa shape index (κ1) is 16.3. The van der Waals surface area contributed by atoms with Crippen LogP contribution < -0.4 is 5.73 Å². The van der Waals surface area contributed by atoms with E-state index >= 15 is 0 Å². The molecule has 5 heteroatoms. The summed E-state index contributed by atoms with van der Waals surface area (Å²) >= 11 is 0. The van der Waals surface area contributed by atoms with Crippen molar-refractivity contribution in [3.63, 3.8) is 0 Å². The monoisotopic (exact) mass is 295 g/mol. The van der Waals surface area contributed by atoms with E-state index in [-0.39, 0.29) is 23.8 Å². The van der Waals surface area contributed by atoms with Gasteiger partial charge < -0.3 is 15.5 Å². The number of nitrogens with zero attached hydrogens (tertiary/aromatic N) is 2. The molecule has 2 atom stereocenters. The number of nitrogens with two attached hydrogens (primary N) is 1. The normalized spacial score (nSPS) is 23.8. The summed E-state index contributed by atoms with van der Waals surface area (Å²) in [7, 11) is 0. The van der Waals surface area contributed by atoms with E-state index in [1.165, 1.54) is 19.3 Å². The summed E-state index contributed by atoms with van der Waals surface area (Å²) < 4.78 is 0. The third-order valence-corrected chi connectivity index (χ3v) is 5.04. The fraction of sp³-hybridized carbons (Fsp3) is 0.875. The molecule has 2 unspecified atom stereocenters. The summed E-state index contributed by atoms with van der Waals surface area (Å²) in [6, 6.07) is -0.126. The second kappa shape index (κ2) is 7.25. The zero-order valence-electron chi connectivity index (χ0n) is 13.4. The number of carbonyl (C=O) groups is 2. The van der Waals surface area contributed by atoms with Crippen LogP contribution in [0.4, 0.5) is 0 Å². The molecule has 1 saturated heterocycles. The van der Waals surface area contributed by atoms with Crippen molar-refractivity contribution < 1.29 is 9.59 Å². The van der Waals surface area contributed by atoms with Crippen LogP contribution in [-0.4, -0.2) is 53.8 Å². The molecule has 2 fully saturated rings. The van der Waals surface area contributed by atoms with Gasteiger partial charge in [-0.3, -0.25) is 9.59 Å². The minimum atomic E-state index is -0.148. The van der Waals surface area contributed by atoms with Crippen molar-refractivity contribution in [1.29, 1.82) is 0 Å². The minimum absolute atomic E-state index is 0.120. The van der Waals surface area contributed by atoms with Gasteiger partial charge in [0.2, 0.25) is 11.8 Å². The molecule has 21 heavy (non-hydrogen) atoms. The molecule has 0 radical (unpaired) electrons. The predicted octanol–water partition coefficient (Wildman–Crippen LogP) is 1.22. The first-order valence-electron chi connectivity index (χ1n) is 8.34. The third-order valence-electron chi connectivity index (χ3n) is 5.04. The van der Waals surface area contributed by atoms with Crippen LogP contribution in [0, 0.1) is 11.8 Å². The molecule has 2 amide bonds. The lowest BCUT2D eigenvalue weighted by Gasteiger charge is -2.38. The van der Waals surface area contributed by atoms with Gasteiger partial charge in [-0.05, 0) is 19.8 Å². The van der Waals surface area contributed by atoms with E-state index in [4.69, 9.17) is 5.73 Å². The molecule has 0 aromatic rings. The lowest BCUT2D eigenvalue weighted by atomic mass is 9.88. The molecule has 1 heterocycles. The van der Waals surface area contributed by atoms with E-state index in [1.807, 2.05) is 23.6 Å². The molecule has 2 N–H and O–H groups in total. The molecular formula is C16H29N3O2. The third kappa shape index (κ3) is 3.96. The summed E-state index contributed by atoms with van der Waals surface area (Å²) in [5, 5.41) is 0. The van der Waals surface area contributed by atoms with Gasteiger partial charge in [0.05, 0.1) is 5.92 Å². The maximum Gasteiger partial charge on any atom is 0.227 e. The highest BCUT2D eigenvalue weighted by Gasteiger charge is 2.31. The molecule has 2 aliphatic rings. The first-order valence-corrected chi connectivity index (χ1v) is 8.34. The number of rotatable bonds is 3. The zero-order chi connectivity index (χ0) is 15.4. The summed E-state index contributed by atoms with van der Waals surface area (Å²) in [6.07, 6.45) is 5.71. The molecule has 1 aliphatic carbocycles. The second-order valence-corrected chi connectivity index (χ2v) is 6.63. The molecule has 0 spiro atoms. The summed E-state index contributed by atoms with van der Waals surface area (Å²) in [5.74, 6) is 0.506. The lowest BCUT2D eigenvalue weighted by Crippen LogP contribution is -2.54. The van der Waals surface area contributed by atoms with Gasteiger partial charge in [0, 0.05) is 38.1 Å². The SMILES string of the molecule is CC(N)C(C)C(=O)N1CCN(C(=O)C2CCCCC2)CC1. The summed E-state index contributed by atoms with van der Waals surface area (Å²) in [6.45, 7) is 6.39. The molecule has 2 rings (SSSR count). The number of hydrogen-bond donors (Lipinski definition) is 1. The van der Waals surface area contributed by atoms with E-state index in [0.29, 0.717) is 32.1 Å².